The van der Waals surface area contributed by atoms with Crippen LogP contribution in [-0.2, 0) is 20.9 Å². The molecule has 2 heterocycles. The number of ether oxygens (including phenoxy) is 2. The Labute approximate surface area is 208 Å². The number of rotatable bonds is 6. The van der Waals surface area contributed by atoms with Crippen molar-refractivity contribution in [3.8, 4) is 0 Å². The molecule has 1 aliphatic rings. The number of carbonyl (C=O) groups is 3. The highest BCUT2D eigenvalue weighted by Crippen LogP contribution is 2.32. The van der Waals surface area contributed by atoms with Crippen LogP contribution in [-0.4, -0.2) is 46.0 Å². The number of hydrogen-bond acceptors (Lipinski definition) is 5. The Balaban J connectivity index is 1.57. The summed E-state index contributed by atoms with van der Waals surface area (Å²) in [6.45, 7) is 5.32. The number of ketones is 1. The molecule has 2 amide bonds. The lowest BCUT2D eigenvalue weighted by Crippen LogP contribution is -2.42. The van der Waals surface area contributed by atoms with Gasteiger partial charge in [0.25, 0.3) is 0 Å². The van der Waals surface area contributed by atoms with E-state index in [0.29, 0.717) is 11.1 Å². The lowest BCUT2D eigenvalue weighted by atomic mass is 9.97. The summed E-state index contributed by atoms with van der Waals surface area (Å²) in [5, 5.41) is 3.60. The van der Waals surface area contributed by atoms with E-state index >= 15 is 0 Å². The second-order valence-corrected chi connectivity index (χ2v) is 9.93. The number of carbonyl (C=O) groups excluding carboxylic acids is 3. The first-order valence-electron chi connectivity index (χ1n) is 11.8. The van der Waals surface area contributed by atoms with Gasteiger partial charge in [-0.2, -0.15) is 0 Å². The topological polar surface area (TPSA) is 101 Å². The number of hydrogen-bond donors (Lipinski definition) is 2. The monoisotopic (exact) mass is 495 g/mol. The van der Waals surface area contributed by atoms with E-state index in [4.69, 9.17) is 9.47 Å². The minimum absolute atomic E-state index is 0.0517. The lowest BCUT2D eigenvalue weighted by molar-refractivity contribution is -0.117. The first-order chi connectivity index (χ1) is 17.1. The molecule has 2 unspecified atom stereocenters. The smallest absolute Gasteiger partial charge is 0.410 e. The average Bonchev–Trinajstić information content (AvgIpc) is 3.39. The molecule has 4 rings (SSSR count). The molecule has 2 atom stereocenters. The molecule has 36 heavy (non-hydrogen) atoms. The summed E-state index contributed by atoms with van der Waals surface area (Å²) >= 11 is 0. The van der Waals surface area contributed by atoms with E-state index in [9.17, 15) is 18.8 Å². The molecule has 0 saturated carbocycles. The standard InChI is InChI=1S/C27H30FN3O5/c1-27(2,3)36-26(34)31-15-20(32)12-19(31)13-24(22-14-29-23-11-18(28)9-10-21(22)23)30-25(33)35-16-17-7-5-4-6-8-17/h4-11,14,19,24,29H,12-13,15-16H2,1-3H3,(H,30,33). The Bertz CT molecular complexity index is 1250. The van der Waals surface area contributed by atoms with Gasteiger partial charge in [0.1, 0.15) is 18.0 Å². The summed E-state index contributed by atoms with van der Waals surface area (Å²) in [4.78, 5) is 42.4. The predicted octanol–water partition coefficient (Wildman–Crippen LogP) is 5.24. The van der Waals surface area contributed by atoms with E-state index < -0.39 is 29.9 Å². The first kappa shape index (κ1) is 25.2. The van der Waals surface area contributed by atoms with Crippen LogP contribution in [0.1, 0.15) is 50.8 Å². The summed E-state index contributed by atoms with van der Waals surface area (Å²) in [7, 11) is 0. The van der Waals surface area contributed by atoms with Crippen LogP contribution in [0.5, 0.6) is 0 Å². The van der Waals surface area contributed by atoms with Crippen molar-refractivity contribution < 1.29 is 28.2 Å². The second-order valence-electron chi connectivity index (χ2n) is 9.93. The Morgan fingerprint density at radius 2 is 1.94 bits per heavy atom. The number of likely N-dealkylation sites (tertiary alicyclic amines) is 1. The molecular weight excluding hydrogens is 465 g/mol. The largest absolute Gasteiger partial charge is 0.445 e. The highest BCUT2D eigenvalue weighted by molar-refractivity contribution is 5.88. The van der Waals surface area contributed by atoms with E-state index in [-0.39, 0.29) is 37.6 Å². The van der Waals surface area contributed by atoms with Crippen LogP contribution in [0.2, 0.25) is 0 Å². The van der Waals surface area contributed by atoms with Crippen LogP contribution in [0.3, 0.4) is 0 Å². The quantitative estimate of drug-likeness (QED) is 0.487. The molecule has 2 aromatic carbocycles. The van der Waals surface area contributed by atoms with Crippen molar-refractivity contribution >= 4 is 28.9 Å². The minimum atomic E-state index is -0.715. The van der Waals surface area contributed by atoms with Gasteiger partial charge in [-0.15, -0.1) is 0 Å². The number of aromatic amines is 1. The van der Waals surface area contributed by atoms with E-state index in [1.165, 1.54) is 17.0 Å². The zero-order valence-corrected chi connectivity index (χ0v) is 20.5. The number of aromatic nitrogens is 1. The van der Waals surface area contributed by atoms with Crippen molar-refractivity contribution in [1.29, 1.82) is 0 Å². The number of benzene rings is 2. The Hall–Kier alpha value is -3.88. The van der Waals surface area contributed by atoms with E-state index in [1.807, 2.05) is 30.3 Å². The van der Waals surface area contributed by atoms with Crippen LogP contribution in [0.4, 0.5) is 14.0 Å². The SMILES string of the molecule is CC(C)(C)OC(=O)N1CC(=O)CC1CC(NC(=O)OCc1ccccc1)c1c[nH]c2cc(F)ccc12. The molecule has 1 fully saturated rings. The fraction of sp³-hybridized carbons (Fsp3) is 0.370. The maximum Gasteiger partial charge on any atom is 0.410 e. The molecule has 2 N–H and O–H groups in total. The van der Waals surface area contributed by atoms with Crippen molar-refractivity contribution in [2.45, 2.75) is 57.9 Å². The van der Waals surface area contributed by atoms with Gasteiger partial charge < -0.3 is 19.8 Å². The lowest BCUT2D eigenvalue weighted by Gasteiger charge is -2.30. The molecule has 0 bridgehead atoms. The highest BCUT2D eigenvalue weighted by atomic mass is 19.1. The van der Waals surface area contributed by atoms with Crippen LogP contribution in [0.15, 0.2) is 54.7 Å². The zero-order valence-electron chi connectivity index (χ0n) is 20.5. The highest BCUT2D eigenvalue weighted by Gasteiger charge is 2.38. The molecule has 3 aromatic rings. The predicted molar refractivity (Wildman–Crippen MR) is 132 cm³/mol. The summed E-state index contributed by atoms with van der Waals surface area (Å²) in [6, 6.07) is 12.5. The van der Waals surface area contributed by atoms with Crippen molar-refractivity contribution in [3.63, 3.8) is 0 Å². The van der Waals surface area contributed by atoms with Gasteiger partial charge in [0.05, 0.1) is 12.6 Å². The maximum absolute atomic E-state index is 13.8. The van der Waals surface area contributed by atoms with Crippen molar-refractivity contribution in [1.82, 2.24) is 15.2 Å². The number of H-pyrrole nitrogens is 1. The molecule has 1 aromatic heterocycles. The van der Waals surface area contributed by atoms with Gasteiger partial charge in [-0.05, 0) is 56.5 Å². The third-order valence-electron chi connectivity index (χ3n) is 5.94. The number of Topliss-reactive ketones (excluding diaryl/α,β-unsaturated/α-hetero) is 1. The molecular formula is C27H30FN3O5. The minimum Gasteiger partial charge on any atom is -0.445 e. The fourth-order valence-corrected chi connectivity index (χ4v) is 4.35. The third kappa shape index (κ3) is 6.21. The van der Waals surface area contributed by atoms with E-state index in [1.54, 1.807) is 33.0 Å². The summed E-state index contributed by atoms with van der Waals surface area (Å²) in [5.74, 6) is -0.475. The third-order valence-corrected chi connectivity index (χ3v) is 5.94. The molecule has 1 aliphatic heterocycles. The van der Waals surface area contributed by atoms with Gasteiger partial charge in [-0.3, -0.25) is 9.69 Å². The number of fused-ring (bicyclic) bond motifs is 1. The van der Waals surface area contributed by atoms with Gasteiger partial charge in [0, 0.05) is 29.6 Å². The molecule has 0 spiro atoms. The van der Waals surface area contributed by atoms with Crippen molar-refractivity contribution in [3.05, 3.63) is 71.7 Å². The van der Waals surface area contributed by atoms with Crippen LogP contribution in [0, 0.1) is 5.82 Å². The van der Waals surface area contributed by atoms with Gasteiger partial charge in [0.15, 0.2) is 5.78 Å². The average molecular weight is 496 g/mol. The van der Waals surface area contributed by atoms with Crippen molar-refractivity contribution in [2.24, 2.45) is 0 Å². The molecule has 8 nitrogen and oxygen atoms in total. The van der Waals surface area contributed by atoms with E-state index in [2.05, 4.69) is 10.3 Å². The van der Waals surface area contributed by atoms with Crippen LogP contribution >= 0.6 is 0 Å². The first-order valence-corrected chi connectivity index (χ1v) is 11.8. The van der Waals surface area contributed by atoms with Gasteiger partial charge in [-0.25, -0.2) is 14.0 Å². The second kappa shape index (κ2) is 10.4. The maximum atomic E-state index is 13.8. The van der Waals surface area contributed by atoms with Crippen LogP contribution < -0.4 is 5.32 Å². The van der Waals surface area contributed by atoms with Gasteiger partial charge in [-0.1, -0.05) is 30.3 Å². The molecule has 190 valence electrons. The normalized spacial score (nSPS) is 16.7. The molecule has 1 saturated heterocycles. The number of amides is 2. The number of nitrogens with zero attached hydrogens (tertiary/aromatic N) is 1. The molecule has 0 aliphatic carbocycles. The number of nitrogens with one attached hydrogen (secondary N) is 2. The summed E-state index contributed by atoms with van der Waals surface area (Å²) < 4.78 is 24.7. The van der Waals surface area contributed by atoms with Gasteiger partial charge >= 0.3 is 12.2 Å². The number of halogens is 1. The molecule has 0 radical (unpaired) electrons. The number of alkyl carbamates (subject to hydrolysis) is 1. The molecule has 9 heteroatoms. The Morgan fingerprint density at radius 1 is 1.19 bits per heavy atom. The Morgan fingerprint density at radius 3 is 2.67 bits per heavy atom. The zero-order chi connectivity index (χ0) is 25.9. The summed E-state index contributed by atoms with van der Waals surface area (Å²) in [5.41, 5.74) is 1.39. The fourth-order valence-electron chi connectivity index (χ4n) is 4.35. The van der Waals surface area contributed by atoms with Crippen molar-refractivity contribution in [2.75, 3.05) is 6.54 Å². The Kier molecular flexibility index (Phi) is 7.28. The van der Waals surface area contributed by atoms with E-state index in [0.717, 1.165) is 10.9 Å². The van der Waals surface area contributed by atoms with Gasteiger partial charge in [0.2, 0.25) is 0 Å². The van der Waals surface area contributed by atoms with Crippen LogP contribution in [0.25, 0.3) is 10.9 Å². The summed E-state index contributed by atoms with van der Waals surface area (Å²) in [6.07, 6.45) is 0.863.